The van der Waals surface area contributed by atoms with Crippen LogP contribution in [0.2, 0.25) is 0 Å². The van der Waals surface area contributed by atoms with Gasteiger partial charge in [0.05, 0.1) is 23.4 Å². The Balaban J connectivity index is 1.76. The fourth-order valence-corrected chi connectivity index (χ4v) is 2.82. The first-order valence-electron chi connectivity index (χ1n) is 9.32. The second-order valence-electron chi connectivity index (χ2n) is 6.76. The van der Waals surface area contributed by atoms with E-state index in [1.54, 1.807) is 6.92 Å². The minimum atomic E-state index is -0.685. The molecule has 1 aromatic carbocycles. The van der Waals surface area contributed by atoms with E-state index in [4.69, 9.17) is 9.47 Å². The van der Waals surface area contributed by atoms with Crippen molar-refractivity contribution in [1.29, 1.82) is 0 Å². The number of aromatic nitrogens is 2. The van der Waals surface area contributed by atoms with Crippen molar-refractivity contribution in [3.05, 3.63) is 46.3 Å². The summed E-state index contributed by atoms with van der Waals surface area (Å²) in [6, 6.07) is 5.73. The number of ether oxygens (including phenoxy) is 2. The molecule has 1 atom stereocenters. The summed E-state index contributed by atoms with van der Waals surface area (Å²) in [4.78, 5) is 34.6. The van der Waals surface area contributed by atoms with E-state index in [9.17, 15) is 19.7 Å². The molecule has 1 aliphatic carbocycles. The molecule has 1 aromatic heterocycles. The number of benzene rings is 1. The van der Waals surface area contributed by atoms with Crippen molar-refractivity contribution in [2.75, 3.05) is 13.2 Å². The number of nitro benzene ring substituents is 1. The highest BCUT2D eigenvalue weighted by atomic mass is 16.6. The molecule has 0 saturated heterocycles. The molecule has 10 nitrogen and oxygen atoms in total. The fraction of sp³-hybridized carbons (Fsp3) is 0.421. The predicted octanol–water partition coefficient (Wildman–Crippen LogP) is 2.25. The maximum atomic E-state index is 12.2. The molecule has 1 aliphatic rings. The number of carbonyl (C=O) groups is 2. The molecule has 154 valence electrons. The Labute approximate surface area is 166 Å². The third-order valence-corrected chi connectivity index (χ3v) is 4.55. The maximum absolute atomic E-state index is 12.2. The number of carbonyl (C=O) groups excluding carboxylic acids is 2. The number of nitrogens with one attached hydrogen (secondary N) is 1. The minimum Gasteiger partial charge on any atom is -0.480 e. The summed E-state index contributed by atoms with van der Waals surface area (Å²) < 4.78 is 11.9. The molecule has 0 radical (unpaired) electrons. The number of amides is 1. The van der Waals surface area contributed by atoms with Gasteiger partial charge in [-0.15, -0.1) is 0 Å². The van der Waals surface area contributed by atoms with Crippen molar-refractivity contribution in [3.63, 3.8) is 0 Å². The van der Waals surface area contributed by atoms with Gasteiger partial charge >= 0.3 is 5.97 Å². The number of esters is 1. The summed E-state index contributed by atoms with van der Waals surface area (Å²) in [5.74, 6) is -0.368. The van der Waals surface area contributed by atoms with E-state index in [1.807, 2.05) is 6.92 Å². The Morgan fingerprint density at radius 2 is 2.03 bits per heavy atom. The molecule has 0 spiro atoms. The molecule has 1 heterocycles. The van der Waals surface area contributed by atoms with Gasteiger partial charge in [0.1, 0.15) is 0 Å². The van der Waals surface area contributed by atoms with Gasteiger partial charge in [-0.3, -0.25) is 14.9 Å². The van der Waals surface area contributed by atoms with Crippen molar-refractivity contribution < 1.29 is 24.0 Å². The highest BCUT2D eigenvalue weighted by molar-refractivity contribution is 5.90. The van der Waals surface area contributed by atoms with Crippen LogP contribution >= 0.6 is 0 Å². The molecule has 1 saturated carbocycles. The zero-order chi connectivity index (χ0) is 21.0. The Hall–Kier alpha value is -3.43. The van der Waals surface area contributed by atoms with Crippen LogP contribution in [0.1, 0.15) is 37.2 Å². The molecule has 0 bridgehead atoms. The predicted molar refractivity (Wildman–Crippen MR) is 102 cm³/mol. The number of nitrogens with zero attached hydrogens (tertiary/aromatic N) is 3. The van der Waals surface area contributed by atoms with Gasteiger partial charge in [-0.1, -0.05) is 0 Å². The van der Waals surface area contributed by atoms with Gasteiger partial charge in [0, 0.05) is 18.2 Å². The Morgan fingerprint density at radius 3 is 2.62 bits per heavy atom. The van der Waals surface area contributed by atoms with Gasteiger partial charge in [0.15, 0.2) is 12.4 Å². The van der Waals surface area contributed by atoms with Crippen LogP contribution in [0.5, 0.6) is 5.75 Å². The summed E-state index contributed by atoms with van der Waals surface area (Å²) in [5, 5.41) is 17.8. The Morgan fingerprint density at radius 1 is 1.34 bits per heavy atom. The molecule has 3 rings (SSSR count). The van der Waals surface area contributed by atoms with Crippen LogP contribution in [0.4, 0.5) is 5.69 Å². The molecule has 0 aliphatic heterocycles. The molecule has 29 heavy (non-hydrogen) atoms. The van der Waals surface area contributed by atoms with E-state index in [1.165, 1.54) is 35.1 Å². The van der Waals surface area contributed by atoms with Crippen LogP contribution in [0.15, 0.2) is 30.5 Å². The van der Waals surface area contributed by atoms with Gasteiger partial charge in [-0.2, -0.15) is 5.10 Å². The SMILES string of the molecule is CCOC(=O)c1nn(-c2ccc([N+](=O)[O-])cc2)cc1OCC(=O)NC(C)C1CC1. The Kier molecular flexibility index (Phi) is 6.10. The highest BCUT2D eigenvalue weighted by Gasteiger charge is 2.29. The molecule has 2 aromatic rings. The lowest BCUT2D eigenvalue weighted by Crippen LogP contribution is -2.37. The number of hydrogen-bond acceptors (Lipinski definition) is 7. The summed E-state index contributed by atoms with van der Waals surface area (Å²) in [6.45, 7) is 3.50. The van der Waals surface area contributed by atoms with Crippen LogP contribution in [0.3, 0.4) is 0 Å². The molecule has 1 amide bonds. The zero-order valence-corrected chi connectivity index (χ0v) is 16.2. The molecular formula is C19H22N4O6. The average Bonchev–Trinajstić information content (AvgIpc) is 3.46. The highest BCUT2D eigenvalue weighted by Crippen LogP contribution is 2.32. The van der Waals surface area contributed by atoms with Crippen molar-refractivity contribution in [2.24, 2.45) is 5.92 Å². The smallest absolute Gasteiger partial charge is 0.362 e. The first-order chi connectivity index (χ1) is 13.9. The molecule has 1 N–H and O–H groups in total. The average molecular weight is 402 g/mol. The van der Waals surface area contributed by atoms with Crippen molar-refractivity contribution in [1.82, 2.24) is 15.1 Å². The molecule has 1 fully saturated rings. The number of rotatable bonds is 9. The van der Waals surface area contributed by atoms with Crippen LogP contribution < -0.4 is 10.1 Å². The Bertz CT molecular complexity index is 904. The lowest BCUT2D eigenvalue weighted by molar-refractivity contribution is -0.384. The second kappa shape index (κ2) is 8.72. The lowest BCUT2D eigenvalue weighted by atomic mass is 10.2. The van der Waals surface area contributed by atoms with Crippen LogP contribution in [0, 0.1) is 16.0 Å². The van der Waals surface area contributed by atoms with E-state index in [0.29, 0.717) is 11.6 Å². The van der Waals surface area contributed by atoms with E-state index in [2.05, 4.69) is 10.4 Å². The maximum Gasteiger partial charge on any atom is 0.362 e. The number of hydrogen-bond donors (Lipinski definition) is 1. The van der Waals surface area contributed by atoms with Gasteiger partial charge in [0.25, 0.3) is 11.6 Å². The summed E-state index contributed by atoms with van der Waals surface area (Å²) in [7, 11) is 0. The number of non-ortho nitro benzene ring substituents is 1. The zero-order valence-electron chi connectivity index (χ0n) is 16.2. The topological polar surface area (TPSA) is 126 Å². The monoisotopic (exact) mass is 402 g/mol. The van der Waals surface area contributed by atoms with Crippen molar-refractivity contribution in [2.45, 2.75) is 32.7 Å². The van der Waals surface area contributed by atoms with Gasteiger partial charge in [-0.25, -0.2) is 9.48 Å². The first-order valence-corrected chi connectivity index (χ1v) is 9.32. The van der Waals surface area contributed by atoms with E-state index in [-0.39, 0.29) is 42.3 Å². The quantitative estimate of drug-likeness (QED) is 0.387. The number of nitro groups is 1. The van der Waals surface area contributed by atoms with E-state index < -0.39 is 10.9 Å². The van der Waals surface area contributed by atoms with Crippen molar-refractivity contribution >= 4 is 17.6 Å². The summed E-state index contributed by atoms with van der Waals surface area (Å²) in [5.41, 5.74) is 0.348. The van der Waals surface area contributed by atoms with Gasteiger partial charge < -0.3 is 14.8 Å². The van der Waals surface area contributed by atoms with E-state index >= 15 is 0 Å². The fourth-order valence-electron chi connectivity index (χ4n) is 2.82. The third kappa shape index (κ3) is 5.09. The van der Waals surface area contributed by atoms with Gasteiger partial charge in [-0.05, 0) is 44.7 Å². The minimum absolute atomic E-state index is 0.0653. The van der Waals surface area contributed by atoms with Crippen LogP contribution in [0.25, 0.3) is 5.69 Å². The van der Waals surface area contributed by atoms with E-state index in [0.717, 1.165) is 12.8 Å². The third-order valence-electron chi connectivity index (χ3n) is 4.55. The molecular weight excluding hydrogens is 380 g/mol. The second-order valence-corrected chi connectivity index (χ2v) is 6.76. The van der Waals surface area contributed by atoms with Crippen molar-refractivity contribution in [3.8, 4) is 11.4 Å². The largest absolute Gasteiger partial charge is 0.480 e. The first kappa shape index (κ1) is 20.3. The van der Waals surface area contributed by atoms with Crippen LogP contribution in [-0.4, -0.2) is 45.8 Å². The summed E-state index contributed by atoms with van der Waals surface area (Å²) >= 11 is 0. The molecule has 10 heteroatoms. The normalized spacial score (nSPS) is 14.1. The lowest BCUT2D eigenvalue weighted by Gasteiger charge is -2.13. The molecule has 1 unspecified atom stereocenters. The van der Waals surface area contributed by atoms with Gasteiger partial charge in [0.2, 0.25) is 5.69 Å². The summed E-state index contributed by atoms with van der Waals surface area (Å²) in [6.07, 6.45) is 3.65. The standard InChI is InChI=1S/C19H22N4O6/c1-3-28-19(25)18-16(29-11-17(24)20-12(2)13-4-5-13)10-22(21-18)14-6-8-15(9-7-14)23(26)27/h6-10,12-13H,3-5,11H2,1-2H3,(H,20,24). The van der Waals surface area contributed by atoms with Crippen LogP contribution in [-0.2, 0) is 9.53 Å².